The van der Waals surface area contributed by atoms with Crippen molar-refractivity contribution < 1.29 is 36.6 Å². The lowest BCUT2D eigenvalue weighted by Crippen LogP contribution is -2.47. The average molecular weight is 337 g/mol. The Kier molecular flexibility index (Phi) is 4.86. The lowest BCUT2D eigenvalue weighted by molar-refractivity contribution is -0.267. The van der Waals surface area contributed by atoms with Crippen LogP contribution in [0.4, 0.5) is 27.1 Å². The van der Waals surface area contributed by atoms with Crippen LogP contribution in [0.5, 0.6) is 0 Å². The fraction of sp³-hybridized carbons (Fsp3) is 0.429. The highest BCUT2D eigenvalue weighted by Gasteiger charge is 2.63. The molecule has 0 aliphatic carbocycles. The van der Waals surface area contributed by atoms with Crippen LogP contribution in [0.25, 0.3) is 0 Å². The first-order valence-corrected chi connectivity index (χ1v) is 6.28. The molecule has 0 fully saturated rings. The fourth-order valence-corrected chi connectivity index (χ4v) is 2.21. The summed E-state index contributed by atoms with van der Waals surface area (Å²) in [5.41, 5.74) is 0. The van der Waals surface area contributed by atoms with E-state index in [-0.39, 0.29) is 4.34 Å². The summed E-state index contributed by atoms with van der Waals surface area (Å²) in [5, 5.41) is 15.5. The number of nitrogens with one attached hydrogen (secondary N) is 1. The monoisotopic (exact) mass is 337 g/mol. The number of carboxylic acids is 1. The molecular weight excluding hydrogens is 333 g/mol. The third-order valence-electron chi connectivity index (χ3n) is 1.59. The van der Waals surface area contributed by atoms with E-state index < -0.39 is 34.9 Å². The molecule has 0 spiro atoms. The minimum absolute atomic E-state index is 0.00183. The highest BCUT2D eigenvalue weighted by atomic mass is 32.2. The Hall–Kier alpha value is -1.50. The van der Waals surface area contributed by atoms with Gasteiger partial charge in [0.25, 0.3) is 0 Å². The van der Waals surface area contributed by atoms with E-state index in [2.05, 4.69) is 10.2 Å². The van der Waals surface area contributed by atoms with Crippen molar-refractivity contribution in [3.8, 4) is 0 Å². The van der Waals surface area contributed by atoms with Gasteiger partial charge in [0, 0.05) is 0 Å². The normalized spacial score (nSPS) is 12.2. The molecule has 20 heavy (non-hydrogen) atoms. The van der Waals surface area contributed by atoms with Gasteiger partial charge < -0.3 is 5.11 Å². The summed E-state index contributed by atoms with van der Waals surface area (Å²) >= 11 is 1.15. The van der Waals surface area contributed by atoms with Crippen LogP contribution < -0.4 is 5.32 Å². The molecule has 0 radical (unpaired) electrons. The molecule has 1 heterocycles. The van der Waals surface area contributed by atoms with Crippen LogP contribution in [0, 0.1) is 0 Å². The maximum absolute atomic E-state index is 12.6. The third kappa shape index (κ3) is 4.00. The number of halogens is 5. The second kappa shape index (κ2) is 5.87. The number of carbonyl (C=O) groups is 2. The standard InChI is InChI=1S/C7H4F5N3O3S2/c8-6(9,7(10,11)12)3(18)13-4-14-15-5(20-4)19-1-2(16)17/h1H2,(H,16,17)(H,13,14,18). The van der Waals surface area contributed by atoms with E-state index in [1.54, 1.807) is 0 Å². The zero-order valence-electron chi connectivity index (χ0n) is 9.07. The number of nitrogens with zero attached hydrogens (tertiary/aromatic N) is 2. The zero-order valence-corrected chi connectivity index (χ0v) is 10.7. The Morgan fingerprint density at radius 2 is 1.85 bits per heavy atom. The van der Waals surface area contributed by atoms with Crippen LogP contribution in [-0.2, 0) is 9.59 Å². The highest BCUT2D eigenvalue weighted by molar-refractivity contribution is 8.01. The Bertz CT molecular complexity index is 518. The molecule has 0 saturated heterocycles. The minimum Gasteiger partial charge on any atom is -0.481 e. The number of carboxylic acid groups (broad SMARTS) is 1. The number of aliphatic carboxylic acids is 1. The number of thioether (sulfide) groups is 1. The summed E-state index contributed by atoms with van der Waals surface area (Å²) in [6.07, 6.45) is -6.03. The molecule has 0 aliphatic heterocycles. The van der Waals surface area contributed by atoms with Crippen LogP contribution in [0.2, 0.25) is 0 Å². The van der Waals surface area contributed by atoms with Gasteiger partial charge in [0.1, 0.15) is 0 Å². The summed E-state index contributed by atoms with van der Waals surface area (Å²) in [6.45, 7) is 0. The molecule has 112 valence electrons. The first-order chi connectivity index (χ1) is 9.04. The van der Waals surface area contributed by atoms with Gasteiger partial charge in [0.05, 0.1) is 5.75 Å². The zero-order chi connectivity index (χ0) is 15.6. The predicted octanol–water partition coefficient (Wildman–Crippen LogP) is 1.85. The molecule has 0 bridgehead atoms. The number of hydrogen-bond acceptors (Lipinski definition) is 6. The van der Waals surface area contributed by atoms with E-state index in [0.717, 1.165) is 0 Å². The Labute approximate surface area is 115 Å². The topological polar surface area (TPSA) is 92.2 Å². The number of anilines is 1. The van der Waals surface area contributed by atoms with E-state index in [0.29, 0.717) is 23.1 Å². The van der Waals surface area contributed by atoms with Crippen molar-refractivity contribution >= 4 is 40.1 Å². The van der Waals surface area contributed by atoms with E-state index >= 15 is 0 Å². The van der Waals surface area contributed by atoms with E-state index in [1.165, 1.54) is 5.32 Å². The number of amides is 1. The number of hydrogen-bond donors (Lipinski definition) is 2. The van der Waals surface area contributed by atoms with Crippen molar-refractivity contribution in [1.82, 2.24) is 10.2 Å². The molecule has 0 saturated carbocycles. The van der Waals surface area contributed by atoms with Gasteiger partial charge in [-0.1, -0.05) is 23.1 Å². The largest absolute Gasteiger partial charge is 0.481 e. The van der Waals surface area contributed by atoms with Gasteiger partial charge in [-0.25, -0.2) is 0 Å². The highest BCUT2D eigenvalue weighted by Crippen LogP contribution is 2.36. The van der Waals surface area contributed by atoms with Crippen LogP contribution >= 0.6 is 23.1 Å². The van der Waals surface area contributed by atoms with E-state index in [9.17, 15) is 31.5 Å². The maximum Gasteiger partial charge on any atom is 0.463 e. The molecule has 6 nitrogen and oxygen atoms in total. The van der Waals surface area contributed by atoms with Crippen LogP contribution in [-0.4, -0.2) is 45.0 Å². The van der Waals surface area contributed by atoms with Gasteiger partial charge in [0.2, 0.25) is 5.13 Å². The first kappa shape index (κ1) is 16.6. The molecule has 1 aromatic heterocycles. The van der Waals surface area contributed by atoms with Crippen molar-refractivity contribution in [2.45, 2.75) is 16.4 Å². The SMILES string of the molecule is O=C(O)CSc1nnc(NC(=O)C(F)(F)C(F)(F)F)s1. The van der Waals surface area contributed by atoms with Crippen LogP contribution in [0.15, 0.2) is 4.34 Å². The summed E-state index contributed by atoms with van der Waals surface area (Å²) in [5.74, 6) is -9.73. The third-order valence-corrected chi connectivity index (χ3v) is 3.54. The van der Waals surface area contributed by atoms with Gasteiger partial charge in [0.15, 0.2) is 4.34 Å². The maximum atomic E-state index is 12.6. The minimum atomic E-state index is -6.03. The molecule has 0 unspecified atom stereocenters. The molecule has 0 aromatic carbocycles. The van der Waals surface area contributed by atoms with Gasteiger partial charge in [-0.05, 0) is 0 Å². The van der Waals surface area contributed by atoms with Crippen molar-refractivity contribution in [3.63, 3.8) is 0 Å². The Morgan fingerprint density at radius 3 is 2.35 bits per heavy atom. The molecule has 1 aromatic rings. The lowest BCUT2D eigenvalue weighted by Gasteiger charge is -2.17. The van der Waals surface area contributed by atoms with Crippen molar-refractivity contribution in [1.29, 1.82) is 0 Å². The fourth-order valence-electron chi connectivity index (χ4n) is 0.746. The van der Waals surface area contributed by atoms with Crippen molar-refractivity contribution in [2.24, 2.45) is 0 Å². The van der Waals surface area contributed by atoms with E-state index in [1.807, 2.05) is 0 Å². The quantitative estimate of drug-likeness (QED) is 0.484. The van der Waals surface area contributed by atoms with Gasteiger partial charge in [-0.15, -0.1) is 10.2 Å². The number of alkyl halides is 5. The predicted molar refractivity (Wildman–Crippen MR) is 57.9 cm³/mol. The Morgan fingerprint density at radius 1 is 1.25 bits per heavy atom. The molecule has 0 aliphatic rings. The summed E-state index contributed by atoms with van der Waals surface area (Å²) in [4.78, 5) is 21.1. The second-order valence-corrected chi connectivity index (χ2v) is 5.28. The Balaban J connectivity index is 2.70. The van der Waals surface area contributed by atoms with Crippen molar-refractivity contribution in [2.75, 3.05) is 11.1 Å². The molecule has 2 N–H and O–H groups in total. The van der Waals surface area contributed by atoms with Crippen LogP contribution in [0.1, 0.15) is 0 Å². The first-order valence-electron chi connectivity index (χ1n) is 4.48. The molecular formula is C7H4F5N3O3S2. The lowest BCUT2D eigenvalue weighted by atomic mass is 10.3. The number of carbonyl (C=O) groups excluding carboxylic acids is 1. The van der Waals surface area contributed by atoms with Crippen LogP contribution in [0.3, 0.4) is 0 Å². The van der Waals surface area contributed by atoms with Crippen molar-refractivity contribution in [3.05, 3.63) is 0 Å². The van der Waals surface area contributed by atoms with E-state index in [4.69, 9.17) is 5.11 Å². The van der Waals surface area contributed by atoms with Gasteiger partial charge >= 0.3 is 24.0 Å². The van der Waals surface area contributed by atoms with Gasteiger partial charge in [-0.3, -0.25) is 14.9 Å². The number of aromatic nitrogens is 2. The molecule has 1 amide bonds. The summed E-state index contributed by atoms with van der Waals surface area (Å²) in [7, 11) is 0. The molecule has 1 rings (SSSR count). The smallest absolute Gasteiger partial charge is 0.463 e. The molecule has 0 atom stereocenters. The average Bonchev–Trinajstić information content (AvgIpc) is 2.72. The number of rotatable bonds is 5. The second-order valence-electron chi connectivity index (χ2n) is 3.08. The molecule has 13 heteroatoms. The summed E-state index contributed by atoms with van der Waals surface area (Å²) < 4.78 is 60.9. The summed E-state index contributed by atoms with van der Waals surface area (Å²) in [6, 6.07) is 0. The van der Waals surface area contributed by atoms with Gasteiger partial charge in [-0.2, -0.15) is 22.0 Å².